The number of benzene rings is 1. The fraction of sp³-hybridized carbons (Fsp3) is 0.593. The molecule has 0 amide bonds. The van der Waals surface area contributed by atoms with Crippen LogP contribution in [0.1, 0.15) is 89.3 Å². The van der Waals surface area contributed by atoms with E-state index >= 15 is 0 Å². The Bertz CT molecular complexity index is 835. The fourth-order valence-corrected chi connectivity index (χ4v) is 4.34. The summed E-state index contributed by atoms with van der Waals surface area (Å²) < 4.78 is 10.1. The van der Waals surface area contributed by atoms with E-state index < -0.39 is 6.16 Å². The molecule has 1 unspecified atom stereocenters. The number of hydrogen-bond donors (Lipinski definition) is 0. The number of unbranched alkanes of at least 4 members (excludes halogenated alkanes) is 6. The van der Waals surface area contributed by atoms with E-state index in [4.69, 9.17) is 14.5 Å². The number of carbonyl (C=O) groups excluding carboxylic acids is 1. The summed E-state index contributed by atoms with van der Waals surface area (Å²) in [7, 11) is 0. The van der Waals surface area contributed by atoms with Gasteiger partial charge in [-0.1, -0.05) is 65.2 Å². The number of fused-ring (bicyclic) bond motifs is 1. The van der Waals surface area contributed by atoms with Gasteiger partial charge in [0, 0.05) is 17.5 Å². The molecule has 0 saturated heterocycles. The lowest BCUT2D eigenvalue weighted by molar-refractivity contribution is 0.0992. The lowest BCUT2D eigenvalue weighted by Gasteiger charge is -2.24. The summed E-state index contributed by atoms with van der Waals surface area (Å²) >= 11 is 0. The van der Waals surface area contributed by atoms with Crippen molar-refractivity contribution >= 4 is 6.16 Å². The van der Waals surface area contributed by atoms with Crippen LogP contribution in [0, 0.1) is 5.92 Å². The van der Waals surface area contributed by atoms with E-state index in [0.717, 1.165) is 36.6 Å². The monoisotopic (exact) mass is 438 g/mol. The maximum absolute atomic E-state index is 11.6. The van der Waals surface area contributed by atoms with Gasteiger partial charge in [-0.05, 0) is 61.4 Å². The van der Waals surface area contributed by atoms with Crippen LogP contribution in [0.15, 0.2) is 30.5 Å². The molecule has 5 nitrogen and oxygen atoms in total. The molecular formula is C27H38N2O3. The molecule has 0 radical (unpaired) electrons. The number of aromatic nitrogens is 2. The predicted octanol–water partition coefficient (Wildman–Crippen LogP) is 7.31. The zero-order valence-electron chi connectivity index (χ0n) is 19.8. The van der Waals surface area contributed by atoms with Crippen molar-refractivity contribution in [3.8, 4) is 17.1 Å². The zero-order valence-corrected chi connectivity index (χ0v) is 19.8. The number of aryl methyl sites for hydroxylation is 1. The molecular weight excluding hydrogens is 400 g/mol. The normalized spacial score (nSPS) is 15.2. The molecule has 0 N–H and O–H groups in total. The van der Waals surface area contributed by atoms with Gasteiger partial charge < -0.3 is 9.47 Å². The molecule has 0 saturated carbocycles. The van der Waals surface area contributed by atoms with Crippen molar-refractivity contribution in [2.45, 2.75) is 90.9 Å². The third-order valence-electron chi connectivity index (χ3n) is 6.21. The van der Waals surface area contributed by atoms with Gasteiger partial charge >= 0.3 is 6.16 Å². The minimum atomic E-state index is -0.671. The Morgan fingerprint density at radius 3 is 2.50 bits per heavy atom. The van der Waals surface area contributed by atoms with Crippen LogP contribution >= 0.6 is 0 Å². The predicted molar refractivity (Wildman–Crippen MR) is 128 cm³/mol. The van der Waals surface area contributed by atoms with E-state index in [1.54, 1.807) is 12.1 Å². The Morgan fingerprint density at radius 1 is 1.00 bits per heavy atom. The largest absolute Gasteiger partial charge is 0.513 e. The Hall–Kier alpha value is -2.43. The highest BCUT2D eigenvalue weighted by atomic mass is 16.7. The molecule has 0 fully saturated rings. The molecule has 174 valence electrons. The van der Waals surface area contributed by atoms with Gasteiger partial charge in [0.1, 0.15) is 5.75 Å². The number of carbonyl (C=O) groups is 1. The maximum Gasteiger partial charge on any atom is 0.513 e. The lowest BCUT2D eigenvalue weighted by Crippen LogP contribution is -2.16. The number of hydrogen-bond acceptors (Lipinski definition) is 5. The van der Waals surface area contributed by atoms with Crippen LogP contribution in [-0.4, -0.2) is 22.7 Å². The van der Waals surface area contributed by atoms with Gasteiger partial charge in [-0.25, -0.2) is 14.8 Å². The molecule has 1 atom stereocenters. The lowest BCUT2D eigenvalue weighted by atomic mass is 9.84. The number of ether oxygens (including phenoxy) is 2. The van der Waals surface area contributed by atoms with Crippen molar-refractivity contribution in [2.75, 3.05) is 6.61 Å². The molecule has 3 rings (SSSR count). The summed E-state index contributed by atoms with van der Waals surface area (Å²) in [4.78, 5) is 21.0. The summed E-state index contributed by atoms with van der Waals surface area (Å²) in [5, 5.41) is 0. The van der Waals surface area contributed by atoms with Crippen molar-refractivity contribution in [3.63, 3.8) is 0 Å². The second-order valence-electron chi connectivity index (χ2n) is 8.91. The quantitative estimate of drug-likeness (QED) is 0.197. The van der Waals surface area contributed by atoms with E-state index in [1.807, 2.05) is 25.3 Å². The van der Waals surface area contributed by atoms with Crippen LogP contribution in [0.2, 0.25) is 0 Å². The van der Waals surface area contributed by atoms with E-state index in [0.29, 0.717) is 12.4 Å². The average molecular weight is 439 g/mol. The third-order valence-corrected chi connectivity index (χ3v) is 6.21. The Kier molecular flexibility index (Phi) is 9.98. The van der Waals surface area contributed by atoms with Crippen molar-refractivity contribution in [3.05, 3.63) is 41.7 Å². The fourth-order valence-electron chi connectivity index (χ4n) is 4.34. The van der Waals surface area contributed by atoms with Crippen LogP contribution in [-0.2, 0) is 17.6 Å². The van der Waals surface area contributed by atoms with Gasteiger partial charge in [-0.3, -0.25) is 0 Å². The molecule has 0 bridgehead atoms. The van der Waals surface area contributed by atoms with Crippen molar-refractivity contribution in [1.29, 1.82) is 0 Å². The Morgan fingerprint density at radius 2 is 1.75 bits per heavy atom. The minimum Gasteiger partial charge on any atom is -0.434 e. The summed E-state index contributed by atoms with van der Waals surface area (Å²) in [6.07, 6.45) is 16.4. The number of nitrogens with zero attached hydrogens (tertiary/aromatic N) is 2. The summed E-state index contributed by atoms with van der Waals surface area (Å²) in [6, 6.07) is 7.28. The highest BCUT2D eigenvalue weighted by Crippen LogP contribution is 2.29. The zero-order chi connectivity index (χ0) is 22.6. The SMILES string of the molecule is CCCCCCCCCC1CCc2nc(-c3ccc(OC(=O)OCCC)cc3)ncc2C1. The van der Waals surface area contributed by atoms with Crippen LogP contribution in [0.4, 0.5) is 4.79 Å². The third kappa shape index (κ3) is 7.61. The van der Waals surface area contributed by atoms with Crippen LogP contribution in [0.3, 0.4) is 0 Å². The topological polar surface area (TPSA) is 61.3 Å². The summed E-state index contributed by atoms with van der Waals surface area (Å²) in [5.74, 6) is 1.96. The highest BCUT2D eigenvalue weighted by Gasteiger charge is 2.20. The van der Waals surface area contributed by atoms with Gasteiger partial charge in [-0.15, -0.1) is 0 Å². The summed E-state index contributed by atoms with van der Waals surface area (Å²) in [6.45, 7) is 4.57. The molecule has 1 aromatic carbocycles. The van der Waals surface area contributed by atoms with Gasteiger partial charge in [0.25, 0.3) is 0 Å². The number of rotatable bonds is 12. The van der Waals surface area contributed by atoms with Crippen molar-refractivity contribution in [1.82, 2.24) is 9.97 Å². The van der Waals surface area contributed by atoms with Gasteiger partial charge in [-0.2, -0.15) is 0 Å². The van der Waals surface area contributed by atoms with E-state index in [9.17, 15) is 4.79 Å². The van der Waals surface area contributed by atoms with E-state index in [1.165, 1.54) is 69.0 Å². The first kappa shape index (κ1) is 24.2. The molecule has 1 heterocycles. The maximum atomic E-state index is 11.6. The smallest absolute Gasteiger partial charge is 0.434 e. The first-order valence-corrected chi connectivity index (χ1v) is 12.5. The van der Waals surface area contributed by atoms with E-state index in [-0.39, 0.29) is 0 Å². The molecule has 1 aromatic heterocycles. The van der Waals surface area contributed by atoms with Crippen LogP contribution in [0.5, 0.6) is 5.75 Å². The van der Waals surface area contributed by atoms with Crippen LogP contribution < -0.4 is 4.74 Å². The average Bonchev–Trinajstić information content (AvgIpc) is 2.82. The molecule has 5 heteroatoms. The Balaban J connectivity index is 1.48. The summed E-state index contributed by atoms with van der Waals surface area (Å²) in [5.41, 5.74) is 3.42. The first-order valence-electron chi connectivity index (χ1n) is 12.5. The molecule has 0 spiro atoms. The molecule has 2 aromatic rings. The van der Waals surface area contributed by atoms with Crippen molar-refractivity contribution in [2.24, 2.45) is 5.92 Å². The van der Waals surface area contributed by atoms with E-state index in [2.05, 4.69) is 11.9 Å². The van der Waals surface area contributed by atoms with Gasteiger partial charge in [0.2, 0.25) is 0 Å². The molecule has 0 aliphatic heterocycles. The molecule has 32 heavy (non-hydrogen) atoms. The second-order valence-corrected chi connectivity index (χ2v) is 8.91. The van der Waals surface area contributed by atoms with Crippen molar-refractivity contribution < 1.29 is 14.3 Å². The van der Waals surface area contributed by atoms with Gasteiger partial charge in [0.15, 0.2) is 5.82 Å². The van der Waals surface area contributed by atoms with Gasteiger partial charge in [0.05, 0.1) is 6.61 Å². The first-order chi connectivity index (χ1) is 15.7. The minimum absolute atomic E-state index is 0.361. The molecule has 1 aliphatic rings. The second kappa shape index (κ2) is 13.2. The highest BCUT2D eigenvalue weighted by molar-refractivity contribution is 5.65. The standard InChI is InChI=1S/C27H38N2O3/c1-3-5-6-7-8-9-10-11-21-12-17-25-23(19-21)20-28-26(29-25)22-13-15-24(16-14-22)32-27(30)31-18-4-2/h13-16,20-21H,3-12,17-19H2,1-2H3. The van der Waals surface area contributed by atoms with Crippen LogP contribution in [0.25, 0.3) is 11.4 Å². The molecule has 1 aliphatic carbocycles. The Labute approximate surface area is 193 Å².